The van der Waals surface area contributed by atoms with Gasteiger partial charge in [0.05, 0.1) is 29.6 Å². The molecule has 2 aromatic rings. The third-order valence-corrected chi connectivity index (χ3v) is 5.19. The molecule has 0 aliphatic heterocycles. The molecule has 0 unspecified atom stereocenters. The van der Waals surface area contributed by atoms with Crippen molar-refractivity contribution in [2.75, 3.05) is 11.9 Å². The third kappa shape index (κ3) is 6.63. The molecule has 136 valence electrons. The number of benzene rings is 1. The molecule has 0 amide bonds. The minimum atomic E-state index is -1.10. The monoisotopic (exact) mass is 366 g/mol. The topological polar surface area (TPSA) is 82.2 Å². The highest BCUT2D eigenvalue weighted by Gasteiger charge is 2.12. The van der Waals surface area contributed by atoms with Crippen LogP contribution in [-0.4, -0.2) is 29.2 Å². The van der Waals surface area contributed by atoms with Crippen LogP contribution in [0, 0.1) is 15.9 Å². The van der Waals surface area contributed by atoms with Gasteiger partial charge in [-0.25, -0.2) is 9.37 Å². The maximum atomic E-state index is 13.4. The molecule has 1 heterocycles. The molecule has 1 N–H and O–H groups in total. The van der Waals surface area contributed by atoms with Gasteiger partial charge >= 0.3 is 0 Å². The molecule has 0 saturated heterocycles. The average molecular weight is 366 g/mol. The quantitative estimate of drug-likeness (QED) is 0.315. The fourth-order valence-electron chi connectivity index (χ4n) is 2.09. The number of ether oxygens (including phenoxy) is 1. The van der Waals surface area contributed by atoms with Crippen molar-refractivity contribution >= 4 is 19.4 Å². The molecule has 0 aliphatic rings. The summed E-state index contributed by atoms with van der Waals surface area (Å²) >= 11 is 0. The Balaban J connectivity index is 1.84. The largest absolute Gasteiger partial charge is 0.379 e. The van der Waals surface area contributed by atoms with Crippen LogP contribution >= 0.6 is 0 Å². The van der Waals surface area contributed by atoms with E-state index in [1.807, 2.05) is 10.8 Å². The molecule has 0 saturated carbocycles. The predicted molar refractivity (Wildman–Crippen MR) is 96.7 cm³/mol. The molecule has 9 heteroatoms. The van der Waals surface area contributed by atoms with Gasteiger partial charge in [0, 0.05) is 32.6 Å². The van der Waals surface area contributed by atoms with Crippen LogP contribution in [0.2, 0.25) is 25.7 Å². The minimum absolute atomic E-state index is 0.288. The van der Waals surface area contributed by atoms with Crippen LogP contribution in [-0.2, 0) is 18.0 Å². The summed E-state index contributed by atoms with van der Waals surface area (Å²) in [6.45, 7) is 8.40. The van der Waals surface area contributed by atoms with Gasteiger partial charge in [0.25, 0.3) is 5.69 Å². The fourth-order valence-corrected chi connectivity index (χ4v) is 2.85. The first-order valence-electron chi connectivity index (χ1n) is 8.00. The maximum absolute atomic E-state index is 13.4. The number of rotatable bonds is 9. The van der Waals surface area contributed by atoms with E-state index in [1.54, 1.807) is 6.33 Å². The van der Waals surface area contributed by atoms with E-state index in [1.165, 1.54) is 12.1 Å². The van der Waals surface area contributed by atoms with E-state index in [-0.39, 0.29) is 5.69 Å². The molecule has 0 aliphatic carbocycles. The van der Waals surface area contributed by atoms with Crippen molar-refractivity contribution in [1.82, 2.24) is 9.55 Å². The van der Waals surface area contributed by atoms with Crippen molar-refractivity contribution in [2.24, 2.45) is 0 Å². The maximum Gasteiger partial charge on any atom is 0.274 e. The van der Waals surface area contributed by atoms with Gasteiger partial charge in [0.2, 0.25) is 0 Å². The fraction of sp³-hybridized carbons (Fsp3) is 0.438. The Morgan fingerprint density at radius 1 is 1.36 bits per heavy atom. The van der Waals surface area contributed by atoms with Gasteiger partial charge in [-0.1, -0.05) is 19.6 Å². The number of aromatic nitrogens is 2. The van der Waals surface area contributed by atoms with E-state index in [0.29, 0.717) is 19.0 Å². The third-order valence-electron chi connectivity index (χ3n) is 3.49. The van der Waals surface area contributed by atoms with E-state index < -0.39 is 18.8 Å². The lowest BCUT2D eigenvalue weighted by Gasteiger charge is -2.15. The number of hydrogen-bond donors (Lipinski definition) is 1. The molecule has 0 radical (unpaired) electrons. The van der Waals surface area contributed by atoms with Crippen LogP contribution in [0.4, 0.5) is 15.8 Å². The first-order chi connectivity index (χ1) is 11.7. The Labute approximate surface area is 147 Å². The zero-order valence-electron chi connectivity index (χ0n) is 14.7. The molecule has 25 heavy (non-hydrogen) atoms. The summed E-state index contributed by atoms with van der Waals surface area (Å²) < 4.78 is 20.9. The van der Waals surface area contributed by atoms with Crippen molar-refractivity contribution in [1.29, 1.82) is 0 Å². The number of imidazole rings is 1. The van der Waals surface area contributed by atoms with Gasteiger partial charge in [-0.15, -0.1) is 0 Å². The first-order valence-corrected chi connectivity index (χ1v) is 11.7. The zero-order valence-corrected chi connectivity index (χ0v) is 15.7. The summed E-state index contributed by atoms with van der Waals surface area (Å²) in [6.07, 6.45) is 3.49. The second-order valence-corrected chi connectivity index (χ2v) is 12.7. The molecule has 0 bridgehead atoms. The highest BCUT2D eigenvalue weighted by molar-refractivity contribution is 6.76. The summed E-state index contributed by atoms with van der Waals surface area (Å²) in [5, 5.41) is 13.7. The molecular weight excluding hydrogens is 343 g/mol. The molecule has 2 rings (SSSR count). The van der Waals surface area contributed by atoms with Crippen LogP contribution in [0.1, 0.15) is 5.69 Å². The van der Waals surface area contributed by atoms with E-state index >= 15 is 0 Å². The van der Waals surface area contributed by atoms with Crippen LogP contribution in [0.15, 0.2) is 30.7 Å². The average Bonchev–Trinajstić information content (AvgIpc) is 2.96. The molecule has 1 aromatic heterocycles. The summed E-state index contributed by atoms with van der Waals surface area (Å²) in [4.78, 5) is 14.4. The second-order valence-electron chi connectivity index (χ2n) is 7.04. The Bertz CT molecular complexity index is 730. The number of anilines is 1. The van der Waals surface area contributed by atoms with Crippen LogP contribution < -0.4 is 5.32 Å². The normalized spacial score (nSPS) is 11.5. The number of nitrogens with one attached hydrogen (secondary N) is 1. The molecule has 0 fully saturated rings. The molecule has 0 spiro atoms. The standard InChI is InChI=1S/C16H23FN4O3Si/c1-25(2,3)5-4-24-12-20-10-15(19-11-20)9-18-14-6-13(17)7-16(8-14)21(22)23/h6-8,10-11,18H,4-5,9,12H2,1-3H3. The summed E-state index contributed by atoms with van der Waals surface area (Å²) in [5.41, 5.74) is 0.789. The van der Waals surface area contributed by atoms with E-state index in [0.717, 1.165) is 24.4 Å². The summed E-state index contributed by atoms with van der Waals surface area (Å²) in [5.74, 6) is -0.655. The lowest BCUT2D eigenvalue weighted by Crippen LogP contribution is -2.21. The first kappa shape index (κ1) is 19.1. The molecule has 7 nitrogen and oxygen atoms in total. The van der Waals surface area contributed by atoms with Gasteiger partial charge in [-0.2, -0.15) is 0 Å². The summed E-state index contributed by atoms with van der Waals surface area (Å²) in [7, 11) is -1.10. The van der Waals surface area contributed by atoms with Crippen LogP contribution in [0.3, 0.4) is 0 Å². The Hall–Kier alpha value is -2.26. The minimum Gasteiger partial charge on any atom is -0.379 e. The Morgan fingerprint density at radius 2 is 2.12 bits per heavy atom. The number of nitrogens with zero attached hydrogens (tertiary/aromatic N) is 3. The van der Waals surface area contributed by atoms with Crippen molar-refractivity contribution in [3.8, 4) is 0 Å². The van der Waals surface area contributed by atoms with E-state index in [4.69, 9.17) is 4.74 Å². The van der Waals surface area contributed by atoms with E-state index in [2.05, 4.69) is 29.9 Å². The number of non-ortho nitro benzene ring substituents is 1. The van der Waals surface area contributed by atoms with Crippen LogP contribution in [0.5, 0.6) is 0 Å². The van der Waals surface area contributed by atoms with E-state index in [9.17, 15) is 14.5 Å². The van der Waals surface area contributed by atoms with Crippen molar-refractivity contribution < 1.29 is 14.1 Å². The van der Waals surface area contributed by atoms with Gasteiger partial charge in [-0.05, 0) is 12.1 Å². The van der Waals surface area contributed by atoms with Crippen molar-refractivity contribution in [3.63, 3.8) is 0 Å². The predicted octanol–water partition coefficient (Wildman–Crippen LogP) is 3.85. The Morgan fingerprint density at radius 3 is 2.80 bits per heavy atom. The van der Waals surface area contributed by atoms with Gasteiger partial charge < -0.3 is 14.6 Å². The zero-order chi connectivity index (χ0) is 18.4. The summed E-state index contributed by atoms with van der Waals surface area (Å²) in [6, 6.07) is 4.50. The van der Waals surface area contributed by atoms with Gasteiger partial charge in [0.15, 0.2) is 0 Å². The molecule has 0 atom stereocenters. The molecular formula is C16H23FN4O3Si. The van der Waals surface area contributed by atoms with Gasteiger partial charge in [0.1, 0.15) is 12.5 Å². The SMILES string of the molecule is C[Si](C)(C)CCOCn1cnc(CNc2cc(F)cc([N+](=O)[O-])c2)c1. The van der Waals surface area contributed by atoms with Crippen molar-refractivity contribution in [3.05, 3.63) is 52.3 Å². The van der Waals surface area contributed by atoms with Crippen LogP contribution in [0.25, 0.3) is 0 Å². The lowest BCUT2D eigenvalue weighted by molar-refractivity contribution is -0.385. The lowest BCUT2D eigenvalue weighted by atomic mass is 10.2. The molecule has 1 aromatic carbocycles. The Kier molecular flexibility index (Phi) is 6.26. The number of hydrogen-bond acceptors (Lipinski definition) is 5. The number of nitro benzene ring substituents is 1. The second kappa shape index (κ2) is 8.21. The highest BCUT2D eigenvalue weighted by atomic mass is 28.3. The number of halogens is 1. The smallest absolute Gasteiger partial charge is 0.274 e. The number of nitro groups is 1. The highest BCUT2D eigenvalue weighted by Crippen LogP contribution is 2.20. The van der Waals surface area contributed by atoms with Gasteiger partial charge in [-0.3, -0.25) is 10.1 Å². The van der Waals surface area contributed by atoms with Crippen molar-refractivity contribution in [2.45, 2.75) is 39.0 Å².